The number of rotatable bonds is 5. The molecule has 26 heavy (non-hydrogen) atoms. The highest BCUT2D eigenvalue weighted by atomic mass is 127. The summed E-state index contributed by atoms with van der Waals surface area (Å²) in [6, 6.07) is 6.69. The van der Waals surface area contributed by atoms with E-state index in [0.717, 1.165) is 28.8 Å². The van der Waals surface area contributed by atoms with Gasteiger partial charge in [0.15, 0.2) is 0 Å². The molecular weight excluding hydrogens is 477 g/mol. The first-order valence-corrected chi connectivity index (χ1v) is 9.16. The van der Waals surface area contributed by atoms with Crippen molar-refractivity contribution in [1.29, 1.82) is 0 Å². The maximum Gasteiger partial charge on any atom is 0.338 e. The van der Waals surface area contributed by atoms with E-state index in [4.69, 9.17) is 11.6 Å². The molecule has 0 unspecified atom stereocenters. The number of amides is 1. The fourth-order valence-electron chi connectivity index (χ4n) is 1.96. The lowest BCUT2D eigenvalue weighted by Gasteiger charge is -2.20. The summed E-state index contributed by atoms with van der Waals surface area (Å²) in [5, 5.41) is 5.92. The molecule has 0 aliphatic rings. The number of carbonyl (C=O) groups is 1. The first kappa shape index (κ1) is 20.8. The van der Waals surface area contributed by atoms with Crippen LogP contribution in [0.2, 0.25) is 5.02 Å². The highest BCUT2D eigenvalue weighted by Crippen LogP contribution is 2.36. The van der Waals surface area contributed by atoms with Crippen LogP contribution in [0.1, 0.15) is 36.8 Å². The Morgan fingerprint density at radius 3 is 2.58 bits per heavy atom. The molecule has 1 amide bonds. The summed E-state index contributed by atoms with van der Waals surface area (Å²) in [6.07, 6.45) is 1.10. The van der Waals surface area contributed by atoms with E-state index >= 15 is 0 Å². The lowest BCUT2D eigenvalue weighted by molar-refractivity contribution is 0.0910. The van der Waals surface area contributed by atoms with Crippen molar-refractivity contribution in [3.63, 3.8) is 0 Å². The van der Waals surface area contributed by atoms with E-state index in [-0.39, 0.29) is 16.9 Å². The average molecular weight is 495 g/mol. The van der Waals surface area contributed by atoms with Gasteiger partial charge in [0.1, 0.15) is 5.69 Å². The molecular formula is C17H18ClF2IN4O. The van der Waals surface area contributed by atoms with Gasteiger partial charge in [-0.25, -0.2) is 9.97 Å². The minimum absolute atomic E-state index is 0.0500. The molecule has 2 N–H and O–H groups in total. The standard InChI is InChI=1S/C17H18ClF2IN4O/c1-16(2,3)9-23-14(26)12-8-22-15(25-13(12)17(19,20)21)24-11-6-4-5-10(18)7-11/h4-8H,9H2,1-3H3,(H,23,26)(H,22,24,25). The lowest BCUT2D eigenvalue weighted by atomic mass is 9.97. The zero-order valence-corrected chi connectivity index (χ0v) is 17.3. The van der Waals surface area contributed by atoms with Gasteiger partial charge in [0, 0.05) is 46.0 Å². The highest BCUT2D eigenvalue weighted by molar-refractivity contribution is 14.1. The molecule has 0 saturated heterocycles. The Balaban J connectivity index is 2.31. The van der Waals surface area contributed by atoms with Gasteiger partial charge in [0.25, 0.3) is 5.91 Å². The van der Waals surface area contributed by atoms with Gasteiger partial charge in [-0.05, 0) is 23.6 Å². The van der Waals surface area contributed by atoms with Crippen molar-refractivity contribution in [2.75, 3.05) is 11.9 Å². The zero-order valence-electron chi connectivity index (χ0n) is 14.4. The number of alkyl halides is 3. The van der Waals surface area contributed by atoms with E-state index in [0.29, 0.717) is 17.3 Å². The third-order valence-corrected chi connectivity index (χ3v) is 3.91. The second-order valence-corrected chi connectivity index (χ2v) is 8.62. The smallest absolute Gasteiger partial charge is 0.338 e. The van der Waals surface area contributed by atoms with Crippen molar-refractivity contribution in [1.82, 2.24) is 15.3 Å². The molecule has 2 aromatic rings. The lowest BCUT2D eigenvalue weighted by Crippen LogP contribution is -2.33. The van der Waals surface area contributed by atoms with Crippen LogP contribution in [0.15, 0.2) is 30.5 Å². The van der Waals surface area contributed by atoms with Gasteiger partial charge < -0.3 is 10.6 Å². The quantitative estimate of drug-likeness (QED) is 0.447. The van der Waals surface area contributed by atoms with Crippen LogP contribution in [0.25, 0.3) is 0 Å². The van der Waals surface area contributed by atoms with E-state index < -0.39 is 15.5 Å². The average Bonchev–Trinajstić information content (AvgIpc) is 2.51. The Morgan fingerprint density at radius 2 is 2.00 bits per heavy atom. The number of aromatic nitrogens is 2. The number of hydrogen-bond acceptors (Lipinski definition) is 4. The van der Waals surface area contributed by atoms with Crippen molar-refractivity contribution >= 4 is 51.7 Å². The molecule has 1 heterocycles. The molecule has 0 saturated carbocycles. The fourth-order valence-corrected chi connectivity index (χ4v) is 2.56. The third kappa shape index (κ3) is 6.01. The summed E-state index contributed by atoms with van der Waals surface area (Å²) >= 11 is 6.84. The third-order valence-electron chi connectivity index (χ3n) is 3.16. The van der Waals surface area contributed by atoms with Gasteiger partial charge >= 0.3 is 3.93 Å². The molecule has 1 aromatic carbocycles. The van der Waals surface area contributed by atoms with E-state index in [1.165, 1.54) is 0 Å². The molecule has 9 heteroatoms. The predicted molar refractivity (Wildman–Crippen MR) is 106 cm³/mol. The number of hydrogen-bond donors (Lipinski definition) is 2. The minimum Gasteiger partial charge on any atom is -0.351 e. The van der Waals surface area contributed by atoms with Crippen molar-refractivity contribution < 1.29 is 13.6 Å². The van der Waals surface area contributed by atoms with Crippen LogP contribution in [0.3, 0.4) is 0 Å². The van der Waals surface area contributed by atoms with E-state index in [2.05, 4.69) is 20.6 Å². The highest BCUT2D eigenvalue weighted by Gasteiger charge is 2.35. The summed E-state index contributed by atoms with van der Waals surface area (Å²) in [5.41, 5.74) is -0.545. The minimum atomic E-state index is -3.33. The van der Waals surface area contributed by atoms with E-state index in [1.54, 1.807) is 24.3 Å². The first-order valence-electron chi connectivity index (χ1n) is 7.71. The number of nitrogens with zero attached hydrogens (tertiary/aromatic N) is 2. The molecule has 0 aliphatic heterocycles. The van der Waals surface area contributed by atoms with Gasteiger partial charge in [-0.1, -0.05) is 38.4 Å². The fraction of sp³-hybridized carbons (Fsp3) is 0.353. The monoisotopic (exact) mass is 494 g/mol. The van der Waals surface area contributed by atoms with Crippen LogP contribution in [0.5, 0.6) is 0 Å². The van der Waals surface area contributed by atoms with Crippen LogP contribution in [-0.2, 0) is 3.93 Å². The number of nitrogens with one attached hydrogen (secondary N) is 2. The molecule has 0 radical (unpaired) electrons. The molecule has 140 valence electrons. The normalized spacial score (nSPS) is 12.0. The van der Waals surface area contributed by atoms with Crippen LogP contribution >= 0.6 is 34.2 Å². The van der Waals surface area contributed by atoms with Crippen LogP contribution < -0.4 is 10.6 Å². The number of benzene rings is 1. The Kier molecular flexibility index (Phi) is 6.38. The summed E-state index contributed by atoms with van der Waals surface area (Å²) in [7, 11) is 0. The van der Waals surface area contributed by atoms with Gasteiger partial charge in [-0.3, -0.25) is 4.79 Å². The van der Waals surface area contributed by atoms with Gasteiger partial charge in [-0.15, -0.1) is 0 Å². The Labute approximate surface area is 169 Å². The van der Waals surface area contributed by atoms with Crippen molar-refractivity contribution in [3.8, 4) is 0 Å². The molecule has 0 aliphatic carbocycles. The largest absolute Gasteiger partial charge is 0.351 e. The maximum absolute atomic E-state index is 14.0. The molecule has 5 nitrogen and oxygen atoms in total. The maximum atomic E-state index is 14.0. The van der Waals surface area contributed by atoms with Crippen LogP contribution in [0.4, 0.5) is 20.4 Å². The van der Waals surface area contributed by atoms with Crippen LogP contribution in [-0.4, -0.2) is 22.4 Å². The number of halogens is 4. The molecule has 0 spiro atoms. The molecule has 0 atom stereocenters. The van der Waals surface area contributed by atoms with Crippen LogP contribution in [0, 0.1) is 5.41 Å². The Hall–Kier alpha value is -1.55. The summed E-state index contributed by atoms with van der Waals surface area (Å²) in [4.78, 5) is 20.1. The van der Waals surface area contributed by atoms with Crippen molar-refractivity contribution in [2.45, 2.75) is 24.7 Å². The van der Waals surface area contributed by atoms with E-state index in [9.17, 15) is 13.6 Å². The van der Waals surface area contributed by atoms with Gasteiger partial charge in [-0.2, -0.15) is 8.78 Å². The predicted octanol–water partition coefficient (Wildman–Crippen LogP) is 5.13. The van der Waals surface area contributed by atoms with E-state index in [1.807, 2.05) is 20.8 Å². The molecule has 1 aromatic heterocycles. The summed E-state index contributed by atoms with van der Waals surface area (Å²) in [5.74, 6) is -0.688. The Morgan fingerprint density at radius 1 is 1.31 bits per heavy atom. The number of carbonyl (C=O) groups excluding carboxylic acids is 1. The Bertz CT molecular complexity index is 806. The second kappa shape index (κ2) is 7.99. The van der Waals surface area contributed by atoms with Gasteiger partial charge in [0.2, 0.25) is 5.95 Å². The SMILES string of the molecule is CC(C)(C)CNC(=O)c1cnc(Nc2cccc(Cl)c2)nc1C(F)(F)I. The topological polar surface area (TPSA) is 66.9 Å². The second-order valence-electron chi connectivity index (χ2n) is 6.83. The molecule has 0 fully saturated rings. The molecule has 0 bridgehead atoms. The number of anilines is 2. The first-order chi connectivity index (χ1) is 12.0. The van der Waals surface area contributed by atoms with Crippen molar-refractivity contribution in [3.05, 3.63) is 46.7 Å². The van der Waals surface area contributed by atoms with Gasteiger partial charge in [0.05, 0.1) is 5.56 Å². The molecule has 2 rings (SSSR count). The summed E-state index contributed by atoms with van der Waals surface area (Å²) < 4.78 is 24.7. The summed E-state index contributed by atoms with van der Waals surface area (Å²) in [6.45, 7) is 6.11. The van der Waals surface area contributed by atoms with Crippen molar-refractivity contribution in [2.24, 2.45) is 5.41 Å². The zero-order chi connectivity index (χ0) is 19.5.